The van der Waals surface area contributed by atoms with E-state index in [1.807, 2.05) is 6.92 Å². The van der Waals surface area contributed by atoms with Crippen molar-refractivity contribution in [3.63, 3.8) is 0 Å². The zero-order chi connectivity index (χ0) is 12.8. The van der Waals surface area contributed by atoms with E-state index in [-0.39, 0.29) is 0 Å². The first-order valence-corrected chi connectivity index (χ1v) is 5.33. The molecule has 1 aromatic heterocycles. The lowest BCUT2D eigenvalue weighted by Gasteiger charge is -2.13. The molecule has 0 spiro atoms. The molecule has 0 unspecified atom stereocenters. The summed E-state index contributed by atoms with van der Waals surface area (Å²) in [6, 6.07) is 0.183. The Morgan fingerprint density at radius 3 is 2.76 bits per heavy atom. The Labute approximate surface area is 98.8 Å². The smallest absolute Gasteiger partial charge is 0.326 e. The molecule has 1 rings (SSSR count). The Kier molecular flexibility index (Phi) is 4.50. The average Bonchev–Trinajstić information content (AvgIpc) is 2.63. The molecule has 94 valence electrons. The summed E-state index contributed by atoms with van der Waals surface area (Å²) in [5.74, 6) is -0.659. The fraction of sp³-hybridized carbons (Fsp3) is 0.500. The topological polar surface area (TPSA) is 96.3 Å². The summed E-state index contributed by atoms with van der Waals surface area (Å²) >= 11 is 0. The van der Waals surface area contributed by atoms with E-state index in [0.717, 1.165) is 0 Å². The predicted molar refractivity (Wildman–Crippen MR) is 61.7 cm³/mol. The molecular formula is C10H16N4O3. The highest BCUT2D eigenvalue weighted by Crippen LogP contribution is 2.02. The fourth-order valence-electron chi connectivity index (χ4n) is 1.34. The van der Waals surface area contributed by atoms with Gasteiger partial charge >= 0.3 is 12.0 Å². The van der Waals surface area contributed by atoms with Crippen LogP contribution >= 0.6 is 0 Å². The largest absolute Gasteiger partial charge is 0.480 e. The number of rotatable bonds is 5. The van der Waals surface area contributed by atoms with Crippen molar-refractivity contribution >= 4 is 17.8 Å². The molecule has 0 aliphatic heterocycles. The van der Waals surface area contributed by atoms with Gasteiger partial charge in [0.25, 0.3) is 0 Å². The van der Waals surface area contributed by atoms with E-state index < -0.39 is 18.0 Å². The van der Waals surface area contributed by atoms with Gasteiger partial charge in [-0.15, -0.1) is 0 Å². The van der Waals surface area contributed by atoms with E-state index >= 15 is 0 Å². The minimum atomic E-state index is -1.04. The summed E-state index contributed by atoms with van der Waals surface area (Å²) in [6.07, 6.45) is 2.75. The van der Waals surface area contributed by atoms with Crippen molar-refractivity contribution in [3.8, 4) is 0 Å². The van der Waals surface area contributed by atoms with Crippen LogP contribution in [0.1, 0.15) is 19.8 Å². The van der Waals surface area contributed by atoms with Gasteiger partial charge in [0.15, 0.2) is 5.82 Å². The average molecular weight is 240 g/mol. The number of nitrogens with zero attached hydrogens (tertiary/aromatic N) is 2. The highest BCUT2D eigenvalue weighted by atomic mass is 16.4. The Balaban J connectivity index is 2.50. The normalized spacial score (nSPS) is 11.9. The van der Waals surface area contributed by atoms with Crippen molar-refractivity contribution in [2.45, 2.75) is 25.8 Å². The van der Waals surface area contributed by atoms with Crippen LogP contribution in [0.5, 0.6) is 0 Å². The fourth-order valence-corrected chi connectivity index (χ4v) is 1.34. The van der Waals surface area contributed by atoms with E-state index in [4.69, 9.17) is 5.11 Å². The van der Waals surface area contributed by atoms with Crippen LogP contribution in [0.15, 0.2) is 12.3 Å². The minimum Gasteiger partial charge on any atom is -0.480 e. The van der Waals surface area contributed by atoms with Gasteiger partial charge in [-0.25, -0.2) is 9.59 Å². The first kappa shape index (κ1) is 13.0. The quantitative estimate of drug-likeness (QED) is 0.709. The maximum Gasteiger partial charge on any atom is 0.326 e. The van der Waals surface area contributed by atoms with E-state index in [1.54, 1.807) is 19.3 Å². The molecule has 0 aliphatic carbocycles. The molecule has 1 atom stereocenters. The zero-order valence-corrected chi connectivity index (χ0v) is 9.80. The molecule has 0 radical (unpaired) electrons. The molecule has 0 fully saturated rings. The van der Waals surface area contributed by atoms with Crippen molar-refractivity contribution in [1.82, 2.24) is 15.1 Å². The molecule has 1 aromatic rings. The van der Waals surface area contributed by atoms with Crippen LogP contribution < -0.4 is 10.6 Å². The van der Waals surface area contributed by atoms with Gasteiger partial charge in [0, 0.05) is 19.3 Å². The number of aromatic nitrogens is 2. The van der Waals surface area contributed by atoms with Crippen LogP contribution in [-0.4, -0.2) is 32.9 Å². The number of hydrogen-bond acceptors (Lipinski definition) is 3. The summed E-state index contributed by atoms with van der Waals surface area (Å²) in [6.45, 7) is 1.86. The maximum absolute atomic E-state index is 11.5. The lowest BCUT2D eigenvalue weighted by Crippen LogP contribution is -2.42. The zero-order valence-electron chi connectivity index (χ0n) is 9.80. The van der Waals surface area contributed by atoms with Crippen molar-refractivity contribution in [2.75, 3.05) is 5.32 Å². The number of carboxylic acids is 1. The molecule has 1 heterocycles. The highest BCUT2D eigenvalue weighted by molar-refractivity contribution is 5.91. The lowest BCUT2D eigenvalue weighted by molar-refractivity contribution is -0.139. The number of amides is 2. The van der Waals surface area contributed by atoms with Gasteiger partial charge in [-0.2, -0.15) is 5.10 Å². The summed E-state index contributed by atoms with van der Waals surface area (Å²) in [5.41, 5.74) is 0. The Hall–Kier alpha value is -2.05. The Bertz CT molecular complexity index is 402. The van der Waals surface area contributed by atoms with Gasteiger partial charge in [-0.1, -0.05) is 13.3 Å². The molecule has 7 nitrogen and oxygen atoms in total. The molecule has 3 N–H and O–H groups in total. The van der Waals surface area contributed by atoms with Crippen LogP contribution in [-0.2, 0) is 11.8 Å². The first-order valence-electron chi connectivity index (χ1n) is 5.33. The summed E-state index contributed by atoms with van der Waals surface area (Å²) in [4.78, 5) is 22.3. The van der Waals surface area contributed by atoms with Crippen LogP contribution in [0, 0.1) is 0 Å². The number of hydrogen-bond donors (Lipinski definition) is 3. The van der Waals surface area contributed by atoms with E-state index in [1.165, 1.54) is 4.68 Å². The van der Waals surface area contributed by atoms with Crippen LogP contribution in [0.2, 0.25) is 0 Å². The van der Waals surface area contributed by atoms with Crippen molar-refractivity contribution in [1.29, 1.82) is 0 Å². The lowest BCUT2D eigenvalue weighted by atomic mass is 10.2. The second-order valence-corrected chi connectivity index (χ2v) is 3.65. The molecule has 0 saturated carbocycles. The second kappa shape index (κ2) is 5.88. The summed E-state index contributed by atoms with van der Waals surface area (Å²) in [7, 11) is 1.72. The van der Waals surface area contributed by atoms with E-state index in [2.05, 4.69) is 15.7 Å². The molecule has 0 aromatic carbocycles. The molecule has 7 heteroatoms. The third-order valence-corrected chi connectivity index (χ3v) is 2.14. The summed E-state index contributed by atoms with van der Waals surface area (Å²) in [5, 5.41) is 17.6. The number of urea groups is 1. The van der Waals surface area contributed by atoms with Crippen molar-refractivity contribution < 1.29 is 14.7 Å². The van der Waals surface area contributed by atoms with Gasteiger partial charge in [-0.05, 0) is 6.42 Å². The molecule has 0 aliphatic rings. The Morgan fingerprint density at radius 2 is 2.29 bits per heavy atom. The molecule has 17 heavy (non-hydrogen) atoms. The molecular weight excluding hydrogens is 224 g/mol. The predicted octanol–water partition coefficient (Wildman–Crippen LogP) is 0.795. The highest BCUT2D eigenvalue weighted by Gasteiger charge is 2.18. The number of aryl methyl sites for hydroxylation is 1. The third kappa shape index (κ3) is 4.13. The van der Waals surface area contributed by atoms with Crippen molar-refractivity contribution in [2.24, 2.45) is 7.05 Å². The second-order valence-electron chi connectivity index (χ2n) is 3.65. The minimum absolute atomic E-state index is 0.380. The van der Waals surface area contributed by atoms with Gasteiger partial charge in [0.05, 0.1) is 0 Å². The van der Waals surface area contributed by atoms with Crippen molar-refractivity contribution in [3.05, 3.63) is 12.3 Å². The van der Waals surface area contributed by atoms with Crippen LogP contribution in [0.25, 0.3) is 0 Å². The van der Waals surface area contributed by atoms with Gasteiger partial charge < -0.3 is 10.4 Å². The standard InChI is InChI=1S/C10H16N4O3/c1-3-4-7(9(15)16)11-10(17)12-8-5-6-14(2)13-8/h5-7H,3-4H2,1-2H3,(H,15,16)(H2,11,12,13,17)/t7-/m0/s1. The molecule has 0 saturated heterocycles. The Morgan fingerprint density at radius 1 is 1.59 bits per heavy atom. The third-order valence-electron chi connectivity index (χ3n) is 2.14. The maximum atomic E-state index is 11.5. The number of carboxylic acid groups (broad SMARTS) is 1. The number of nitrogens with one attached hydrogen (secondary N) is 2. The molecule has 0 bridgehead atoms. The monoisotopic (exact) mass is 240 g/mol. The number of carbonyl (C=O) groups excluding carboxylic acids is 1. The van der Waals surface area contributed by atoms with Gasteiger partial charge in [0.2, 0.25) is 0 Å². The van der Waals surface area contributed by atoms with Crippen LogP contribution in [0.4, 0.5) is 10.6 Å². The van der Waals surface area contributed by atoms with E-state index in [9.17, 15) is 9.59 Å². The number of anilines is 1. The number of carbonyl (C=O) groups is 2. The first-order chi connectivity index (χ1) is 8.02. The summed E-state index contributed by atoms with van der Waals surface area (Å²) < 4.78 is 1.54. The van der Waals surface area contributed by atoms with Gasteiger partial charge in [-0.3, -0.25) is 10.00 Å². The molecule has 2 amide bonds. The van der Waals surface area contributed by atoms with Gasteiger partial charge in [0.1, 0.15) is 6.04 Å². The van der Waals surface area contributed by atoms with E-state index in [0.29, 0.717) is 18.7 Å². The SMILES string of the molecule is CCC[C@H](NC(=O)Nc1ccn(C)n1)C(=O)O. The number of aliphatic carboxylic acids is 1. The van der Waals surface area contributed by atoms with Crippen LogP contribution in [0.3, 0.4) is 0 Å².